The van der Waals surface area contributed by atoms with Crippen molar-refractivity contribution in [3.63, 3.8) is 0 Å². The summed E-state index contributed by atoms with van der Waals surface area (Å²) in [5.74, 6) is -1.34. The summed E-state index contributed by atoms with van der Waals surface area (Å²) in [5, 5.41) is 5.61. The molecule has 6 heteroatoms. The molecule has 1 aliphatic rings. The Bertz CT molecular complexity index is 455. The summed E-state index contributed by atoms with van der Waals surface area (Å²) in [5.41, 5.74) is -0.392. The number of hydrogen-bond acceptors (Lipinski definition) is 4. The van der Waals surface area contributed by atoms with E-state index < -0.39 is 17.2 Å². The van der Waals surface area contributed by atoms with Crippen LogP contribution in [0.4, 0.5) is 20.4 Å². The van der Waals surface area contributed by atoms with Crippen molar-refractivity contribution in [2.24, 2.45) is 0 Å². The molecule has 1 saturated heterocycles. The Kier molecular flexibility index (Phi) is 3.38. The van der Waals surface area contributed by atoms with Crippen molar-refractivity contribution in [1.82, 2.24) is 4.98 Å². The Hall–Kier alpha value is -1.43. The summed E-state index contributed by atoms with van der Waals surface area (Å²) in [6.07, 6.45) is 0.698. The third-order valence-electron chi connectivity index (χ3n) is 3.46. The molecule has 1 fully saturated rings. The van der Waals surface area contributed by atoms with Crippen molar-refractivity contribution in [1.29, 1.82) is 0 Å². The summed E-state index contributed by atoms with van der Waals surface area (Å²) in [6, 6.07) is 0.824. The summed E-state index contributed by atoms with van der Waals surface area (Å²) in [4.78, 5) is 3.91. The number of nitrogens with zero attached hydrogens (tertiary/aromatic N) is 1. The molecule has 0 spiro atoms. The average molecular weight is 257 g/mol. The van der Waals surface area contributed by atoms with Crippen LogP contribution in [0.2, 0.25) is 0 Å². The van der Waals surface area contributed by atoms with Gasteiger partial charge >= 0.3 is 0 Å². The van der Waals surface area contributed by atoms with Crippen LogP contribution in [-0.2, 0) is 4.74 Å². The smallest absolute Gasteiger partial charge is 0.168 e. The Morgan fingerprint density at radius 1 is 1.39 bits per heavy atom. The van der Waals surface area contributed by atoms with Crippen molar-refractivity contribution in [2.45, 2.75) is 31.9 Å². The molecule has 0 saturated carbocycles. The highest BCUT2D eigenvalue weighted by Crippen LogP contribution is 2.30. The van der Waals surface area contributed by atoms with Crippen LogP contribution in [0.3, 0.4) is 0 Å². The van der Waals surface area contributed by atoms with Gasteiger partial charge in [0.1, 0.15) is 0 Å². The first-order chi connectivity index (χ1) is 8.46. The number of nitrogens with one attached hydrogen (secondary N) is 2. The fourth-order valence-electron chi connectivity index (χ4n) is 2.00. The Balaban J connectivity index is 2.29. The van der Waals surface area contributed by atoms with Crippen LogP contribution in [0.25, 0.3) is 0 Å². The van der Waals surface area contributed by atoms with Crippen LogP contribution in [-0.4, -0.2) is 30.3 Å². The molecular formula is C12H17F2N3O. The Labute approximate surface area is 105 Å². The van der Waals surface area contributed by atoms with Crippen molar-refractivity contribution in [2.75, 3.05) is 24.3 Å². The van der Waals surface area contributed by atoms with Crippen LogP contribution in [0.1, 0.15) is 20.3 Å². The summed E-state index contributed by atoms with van der Waals surface area (Å²) < 4.78 is 32.4. The van der Waals surface area contributed by atoms with E-state index in [9.17, 15) is 8.78 Å². The molecule has 0 amide bonds. The molecule has 1 aromatic rings. The maximum absolute atomic E-state index is 13.7. The van der Waals surface area contributed by atoms with Gasteiger partial charge in [-0.15, -0.1) is 0 Å². The predicted octanol–water partition coefficient (Wildman–Crippen LogP) is 2.38. The minimum absolute atomic E-state index is 0.0223. The van der Waals surface area contributed by atoms with Gasteiger partial charge in [-0.05, 0) is 20.3 Å². The molecule has 0 aromatic carbocycles. The molecule has 0 bridgehead atoms. The van der Waals surface area contributed by atoms with E-state index in [4.69, 9.17) is 4.74 Å². The molecule has 0 radical (unpaired) electrons. The third kappa shape index (κ3) is 2.25. The lowest BCUT2D eigenvalue weighted by Crippen LogP contribution is -2.41. The van der Waals surface area contributed by atoms with Gasteiger partial charge in [-0.2, -0.15) is 0 Å². The van der Waals surface area contributed by atoms with Crippen LogP contribution < -0.4 is 10.6 Å². The van der Waals surface area contributed by atoms with Gasteiger partial charge in [0.2, 0.25) is 0 Å². The zero-order valence-electron chi connectivity index (χ0n) is 10.7. The van der Waals surface area contributed by atoms with E-state index >= 15 is 0 Å². The lowest BCUT2D eigenvalue weighted by atomic mass is 9.95. The SMILES string of the molecule is CNc1nc(NC2(C)CCOC2C)c(F)cc1F. The van der Waals surface area contributed by atoms with Gasteiger partial charge in [-0.3, -0.25) is 0 Å². The number of aromatic nitrogens is 1. The van der Waals surface area contributed by atoms with E-state index in [2.05, 4.69) is 15.6 Å². The molecule has 1 aromatic heterocycles. The van der Waals surface area contributed by atoms with E-state index in [-0.39, 0.29) is 17.7 Å². The van der Waals surface area contributed by atoms with Gasteiger partial charge in [0.05, 0.1) is 11.6 Å². The quantitative estimate of drug-likeness (QED) is 0.872. The van der Waals surface area contributed by atoms with Gasteiger partial charge in [-0.25, -0.2) is 13.8 Å². The highest BCUT2D eigenvalue weighted by molar-refractivity contribution is 5.48. The van der Waals surface area contributed by atoms with Gasteiger partial charge in [0.15, 0.2) is 23.3 Å². The second kappa shape index (κ2) is 4.68. The minimum atomic E-state index is -0.707. The lowest BCUT2D eigenvalue weighted by Gasteiger charge is -2.29. The van der Waals surface area contributed by atoms with Crippen LogP contribution in [0.5, 0.6) is 0 Å². The zero-order chi connectivity index (χ0) is 13.3. The van der Waals surface area contributed by atoms with E-state index in [0.29, 0.717) is 6.61 Å². The molecular weight excluding hydrogens is 240 g/mol. The largest absolute Gasteiger partial charge is 0.376 e. The standard InChI is InChI=1S/C12H17F2N3O/c1-7-12(2,4-5-18-7)17-11-9(14)6-8(13)10(15-3)16-11/h6-7H,4-5H2,1-3H3,(H2,15,16,17). The van der Waals surface area contributed by atoms with E-state index in [1.807, 2.05) is 13.8 Å². The first-order valence-electron chi connectivity index (χ1n) is 5.90. The second-order valence-electron chi connectivity index (χ2n) is 4.70. The molecule has 100 valence electrons. The monoisotopic (exact) mass is 257 g/mol. The third-order valence-corrected chi connectivity index (χ3v) is 3.46. The van der Waals surface area contributed by atoms with Crippen LogP contribution in [0.15, 0.2) is 6.07 Å². The molecule has 18 heavy (non-hydrogen) atoms. The second-order valence-corrected chi connectivity index (χ2v) is 4.70. The number of hydrogen-bond donors (Lipinski definition) is 2. The number of pyridine rings is 1. The van der Waals surface area contributed by atoms with Crippen molar-refractivity contribution in [3.8, 4) is 0 Å². The number of rotatable bonds is 3. The molecule has 2 N–H and O–H groups in total. The molecule has 4 nitrogen and oxygen atoms in total. The first-order valence-corrected chi connectivity index (χ1v) is 5.90. The topological polar surface area (TPSA) is 46.2 Å². The lowest BCUT2D eigenvalue weighted by molar-refractivity contribution is 0.105. The fraction of sp³-hybridized carbons (Fsp3) is 0.583. The minimum Gasteiger partial charge on any atom is -0.376 e. The summed E-state index contributed by atoms with van der Waals surface area (Å²) in [6.45, 7) is 4.47. The molecule has 1 aliphatic heterocycles. The highest BCUT2D eigenvalue weighted by Gasteiger charge is 2.37. The molecule has 2 rings (SSSR count). The molecule has 2 unspecified atom stereocenters. The highest BCUT2D eigenvalue weighted by atomic mass is 19.1. The fourth-order valence-corrected chi connectivity index (χ4v) is 2.00. The maximum Gasteiger partial charge on any atom is 0.168 e. The summed E-state index contributed by atoms with van der Waals surface area (Å²) >= 11 is 0. The van der Waals surface area contributed by atoms with Gasteiger partial charge in [-0.1, -0.05) is 0 Å². The number of ether oxygens (including phenoxy) is 1. The van der Waals surface area contributed by atoms with E-state index in [0.717, 1.165) is 12.5 Å². The molecule has 2 atom stereocenters. The van der Waals surface area contributed by atoms with E-state index in [1.54, 1.807) is 0 Å². The van der Waals surface area contributed by atoms with Gasteiger partial charge in [0.25, 0.3) is 0 Å². The van der Waals surface area contributed by atoms with Gasteiger partial charge < -0.3 is 15.4 Å². The van der Waals surface area contributed by atoms with E-state index in [1.165, 1.54) is 7.05 Å². The van der Waals surface area contributed by atoms with Crippen molar-refractivity contribution < 1.29 is 13.5 Å². The number of halogens is 2. The van der Waals surface area contributed by atoms with Crippen molar-refractivity contribution >= 4 is 11.6 Å². The van der Waals surface area contributed by atoms with Crippen LogP contribution >= 0.6 is 0 Å². The van der Waals surface area contributed by atoms with Crippen molar-refractivity contribution in [3.05, 3.63) is 17.7 Å². The molecule has 2 heterocycles. The summed E-state index contributed by atoms with van der Waals surface area (Å²) in [7, 11) is 1.54. The van der Waals surface area contributed by atoms with Gasteiger partial charge in [0, 0.05) is 19.7 Å². The Morgan fingerprint density at radius 3 is 2.61 bits per heavy atom. The Morgan fingerprint density at radius 2 is 2.06 bits per heavy atom. The average Bonchev–Trinajstić information content (AvgIpc) is 2.63. The predicted molar refractivity (Wildman–Crippen MR) is 65.8 cm³/mol. The molecule has 0 aliphatic carbocycles. The normalized spacial score (nSPS) is 27.3. The van der Waals surface area contributed by atoms with Crippen LogP contribution in [0, 0.1) is 11.6 Å². The first kappa shape index (κ1) is 13.0. The maximum atomic E-state index is 13.7. The zero-order valence-corrected chi connectivity index (χ0v) is 10.7. The number of anilines is 2.